The molecule has 2 aromatic rings. The van der Waals surface area contributed by atoms with Crippen molar-refractivity contribution in [2.24, 2.45) is 0 Å². The second kappa shape index (κ2) is 12.2. The van der Waals surface area contributed by atoms with Crippen LogP contribution in [0.4, 0.5) is 23.2 Å². The second-order valence-electron chi connectivity index (χ2n) is 6.77. The molecule has 0 atom stereocenters. The zero-order valence-electron chi connectivity index (χ0n) is 19.2. The van der Waals surface area contributed by atoms with E-state index in [9.17, 15) is 31.9 Å². The lowest BCUT2D eigenvalue weighted by Gasteiger charge is -2.11. The van der Waals surface area contributed by atoms with Gasteiger partial charge in [-0.2, -0.15) is 17.7 Å². The molecule has 1 aromatic heterocycles. The van der Waals surface area contributed by atoms with Crippen molar-refractivity contribution in [1.82, 2.24) is 0 Å². The molecule has 15 heteroatoms. The van der Waals surface area contributed by atoms with Crippen molar-refractivity contribution in [3.05, 3.63) is 65.7 Å². The smallest absolute Gasteiger partial charge is 0.485 e. The van der Waals surface area contributed by atoms with Crippen LogP contribution in [0, 0.1) is 5.82 Å². The molecule has 0 saturated heterocycles. The molecule has 0 aliphatic rings. The second-order valence-corrected chi connectivity index (χ2v) is 8.14. The van der Waals surface area contributed by atoms with Crippen LogP contribution < -0.4 is 9.47 Å². The standard InChI is InChI=1S/C20H20FN2O5.CHF3O3S/c1-22(2)13-9-11-23(12-10-13)17(20(26)28-4)16(19(25)27-3)18(24)14-7-5-6-8-15(14)21;2-1(3,4)8(5,6)7/h5-12H,1-4H3;(H,5,6,7)/q+1;/p-1/b17-16-;. The van der Waals surface area contributed by atoms with Crippen LogP contribution >= 0.6 is 0 Å². The van der Waals surface area contributed by atoms with Gasteiger partial charge in [-0.05, 0) is 12.1 Å². The summed E-state index contributed by atoms with van der Waals surface area (Å²) in [5.41, 5.74) is -6.21. The average molecular weight is 536 g/mol. The van der Waals surface area contributed by atoms with Crippen molar-refractivity contribution < 1.29 is 59.0 Å². The molecule has 0 aliphatic carbocycles. The first kappa shape index (κ1) is 30.2. The number of Topliss-reactive ketones (excluding diaryl/α,β-unsaturated/α-hetero) is 1. The van der Waals surface area contributed by atoms with Gasteiger partial charge in [-0.25, -0.2) is 22.4 Å². The summed E-state index contributed by atoms with van der Waals surface area (Å²) in [6, 6.07) is 8.50. The Morgan fingerprint density at radius 1 is 0.944 bits per heavy atom. The Labute approximate surface area is 203 Å². The van der Waals surface area contributed by atoms with Crippen LogP contribution in [-0.2, 0) is 29.2 Å². The Kier molecular flexibility index (Phi) is 10.2. The van der Waals surface area contributed by atoms with Crippen LogP contribution in [0.3, 0.4) is 0 Å². The van der Waals surface area contributed by atoms with Crippen molar-refractivity contribution in [3.8, 4) is 0 Å². The van der Waals surface area contributed by atoms with E-state index in [0.29, 0.717) is 0 Å². The van der Waals surface area contributed by atoms with Gasteiger partial charge in [0.2, 0.25) is 5.78 Å². The summed E-state index contributed by atoms with van der Waals surface area (Å²) < 4.78 is 83.7. The first-order chi connectivity index (χ1) is 16.6. The first-order valence-electron chi connectivity index (χ1n) is 9.48. The van der Waals surface area contributed by atoms with Crippen LogP contribution in [-0.4, -0.2) is 64.5 Å². The number of rotatable bonds is 6. The molecular weight excluding hydrogens is 516 g/mol. The molecule has 0 radical (unpaired) electrons. The van der Waals surface area contributed by atoms with Gasteiger partial charge in [0.25, 0.3) is 0 Å². The molecule has 0 saturated carbocycles. The Morgan fingerprint density at radius 2 is 1.42 bits per heavy atom. The van der Waals surface area contributed by atoms with E-state index >= 15 is 0 Å². The number of carbonyl (C=O) groups excluding carboxylic acids is 3. The van der Waals surface area contributed by atoms with Crippen LogP contribution in [0.2, 0.25) is 0 Å². The van der Waals surface area contributed by atoms with E-state index in [4.69, 9.17) is 17.7 Å². The van der Waals surface area contributed by atoms with E-state index in [0.717, 1.165) is 26.0 Å². The number of anilines is 1. The van der Waals surface area contributed by atoms with E-state index in [-0.39, 0.29) is 11.3 Å². The molecule has 2 rings (SSSR count). The van der Waals surface area contributed by atoms with Gasteiger partial charge < -0.3 is 18.9 Å². The predicted molar refractivity (Wildman–Crippen MR) is 115 cm³/mol. The number of halogens is 4. The SMILES string of the molecule is COC(=O)/C(C(=O)c1ccccc1F)=C(/C(=O)OC)[n+]1ccc(N(C)C)cc1.O=S(=O)([O-])C(F)(F)F. The minimum absolute atomic E-state index is 0.366. The fourth-order valence-electron chi connectivity index (χ4n) is 2.48. The van der Waals surface area contributed by atoms with Crippen LogP contribution in [0.15, 0.2) is 54.4 Å². The number of nitrogens with zero attached hydrogens (tertiary/aromatic N) is 2. The van der Waals surface area contributed by atoms with E-state index < -0.39 is 44.7 Å². The summed E-state index contributed by atoms with van der Waals surface area (Å²) in [4.78, 5) is 39.6. The zero-order chi connectivity index (χ0) is 27.8. The lowest BCUT2D eigenvalue weighted by atomic mass is 10.0. The third kappa shape index (κ3) is 7.58. The quantitative estimate of drug-likeness (QED) is 0.0622. The third-order valence-electron chi connectivity index (χ3n) is 4.22. The normalized spacial score (nSPS) is 11.9. The molecule has 196 valence electrons. The Morgan fingerprint density at radius 3 is 1.81 bits per heavy atom. The highest BCUT2D eigenvalue weighted by atomic mass is 32.2. The summed E-state index contributed by atoms with van der Waals surface area (Å²) in [6.07, 6.45) is 2.97. The molecule has 0 amide bonds. The highest BCUT2D eigenvalue weighted by molar-refractivity contribution is 7.86. The first-order valence-corrected chi connectivity index (χ1v) is 10.9. The lowest BCUT2D eigenvalue weighted by Crippen LogP contribution is -2.40. The molecular formula is C21H20F4N2O8S. The topological polar surface area (TPSA) is 134 Å². The monoisotopic (exact) mass is 536 g/mol. The number of esters is 2. The van der Waals surface area contributed by atoms with E-state index in [1.165, 1.54) is 35.2 Å². The Balaban J connectivity index is 0.000000697. The third-order valence-corrected chi connectivity index (χ3v) is 4.79. The molecule has 0 unspecified atom stereocenters. The van der Waals surface area contributed by atoms with Gasteiger partial charge in [0, 0.05) is 31.9 Å². The van der Waals surface area contributed by atoms with Gasteiger partial charge in [0.05, 0.1) is 19.8 Å². The molecule has 1 heterocycles. The van der Waals surface area contributed by atoms with Gasteiger partial charge in [-0.3, -0.25) is 4.79 Å². The Hall–Kier alpha value is -3.85. The number of ketones is 1. The number of aromatic nitrogens is 1. The van der Waals surface area contributed by atoms with Gasteiger partial charge in [0.1, 0.15) is 5.82 Å². The summed E-state index contributed by atoms with van der Waals surface area (Å²) >= 11 is 0. The highest BCUT2D eigenvalue weighted by Crippen LogP contribution is 2.21. The van der Waals surface area contributed by atoms with Gasteiger partial charge in [-0.15, -0.1) is 0 Å². The maximum Gasteiger partial charge on any atom is 0.485 e. The molecule has 36 heavy (non-hydrogen) atoms. The number of carbonyl (C=O) groups is 3. The minimum atomic E-state index is -6.09. The largest absolute Gasteiger partial charge is 0.741 e. The fraction of sp³-hybridized carbons (Fsp3) is 0.238. The summed E-state index contributed by atoms with van der Waals surface area (Å²) in [5, 5.41) is 0. The fourth-order valence-corrected chi connectivity index (χ4v) is 2.48. The zero-order valence-corrected chi connectivity index (χ0v) is 20.0. The Bertz CT molecular complexity index is 1260. The number of alkyl halides is 3. The molecule has 0 N–H and O–H groups in total. The van der Waals surface area contributed by atoms with E-state index in [1.807, 2.05) is 19.0 Å². The average Bonchev–Trinajstić information content (AvgIpc) is 2.80. The van der Waals surface area contributed by atoms with Crippen molar-refractivity contribution >= 4 is 39.2 Å². The number of hydrogen-bond acceptors (Lipinski definition) is 9. The maximum absolute atomic E-state index is 14.1. The summed E-state index contributed by atoms with van der Waals surface area (Å²) in [7, 11) is -0.255. The maximum atomic E-state index is 14.1. The highest BCUT2D eigenvalue weighted by Gasteiger charge is 2.38. The van der Waals surface area contributed by atoms with Crippen LogP contribution in [0.25, 0.3) is 5.70 Å². The van der Waals surface area contributed by atoms with Gasteiger partial charge >= 0.3 is 23.1 Å². The molecule has 0 spiro atoms. The number of benzene rings is 1. The number of pyridine rings is 1. The molecule has 10 nitrogen and oxygen atoms in total. The predicted octanol–water partition coefficient (Wildman–Crippen LogP) is 1.67. The number of methoxy groups -OCH3 is 2. The lowest BCUT2D eigenvalue weighted by molar-refractivity contribution is -0.578. The van der Waals surface area contributed by atoms with Crippen LogP contribution in [0.5, 0.6) is 0 Å². The van der Waals surface area contributed by atoms with Crippen LogP contribution in [0.1, 0.15) is 10.4 Å². The molecule has 0 aliphatic heterocycles. The van der Waals surface area contributed by atoms with Crippen molar-refractivity contribution in [2.75, 3.05) is 33.2 Å². The molecule has 0 bridgehead atoms. The van der Waals surface area contributed by atoms with E-state index in [1.54, 1.807) is 12.1 Å². The van der Waals surface area contributed by atoms with Crippen molar-refractivity contribution in [3.63, 3.8) is 0 Å². The summed E-state index contributed by atoms with van der Waals surface area (Å²) in [5.74, 6) is -3.86. The van der Waals surface area contributed by atoms with Crippen molar-refractivity contribution in [1.29, 1.82) is 0 Å². The molecule has 0 fully saturated rings. The number of ether oxygens (including phenoxy) is 2. The van der Waals surface area contributed by atoms with E-state index in [2.05, 4.69) is 4.74 Å². The van der Waals surface area contributed by atoms with Crippen molar-refractivity contribution in [2.45, 2.75) is 5.51 Å². The van der Waals surface area contributed by atoms with Gasteiger partial charge in [0.15, 0.2) is 28.1 Å². The van der Waals surface area contributed by atoms with Gasteiger partial charge in [-0.1, -0.05) is 12.1 Å². The minimum Gasteiger partial charge on any atom is -0.741 e. The number of hydrogen-bond donors (Lipinski definition) is 0. The molecule has 1 aromatic carbocycles. The summed E-state index contributed by atoms with van der Waals surface area (Å²) in [6.45, 7) is 0.